The Morgan fingerprint density at radius 1 is 1.06 bits per heavy atom. The fraction of sp³-hybridized carbons (Fsp3) is 0.0870. The van der Waals surface area contributed by atoms with Gasteiger partial charge >= 0.3 is 6.03 Å². The maximum Gasteiger partial charge on any atom is 0.324 e. The van der Waals surface area contributed by atoms with Gasteiger partial charge in [-0.1, -0.05) is 17.8 Å². The predicted molar refractivity (Wildman–Crippen MR) is 127 cm³/mol. The maximum atomic E-state index is 12.3. The lowest BCUT2D eigenvalue weighted by Gasteiger charge is -2.10. The number of hydrogen-bond acceptors (Lipinski definition) is 7. The lowest BCUT2D eigenvalue weighted by atomic mass is 10.2. The summed E-state index contributed by atoms with van der Waals surface area (Å²) in [6.45, 7) is 0. The minimum Gasteiger partial charge on any atom is -0.493 e. The average Bonchev–Trinajstić information content (AvgIpc) is 3.24. The Kier molecular flexibility index (Phi) is 6.44. The Morgan fingerprint density at radius 3 is 2.66 bits per heavy atom. The number of benzene rings is 2. The van der Waals surface area contributed by atoms with E-state index in [9.17, 15) is 4.79 Å². The van der Waals surface area contributed by atoms with Crippen LogP contribution in [0.15, 0.2) is 69.9 Å². The number of amides is 2. The Bertz CT molecular complexity index is 1330. The number of methoxy groups -OCH3 is 2. The van der Waals surface area contributed by atoms with E-state index in [0.29, 0.717) is 27.8 Å². The number of rotatable bonds is 6. The monoisotopic (exact) mass is 462 g/mol. The molecule has 2 aromatic heterocycles. The van der Waals surface area contributed by atoms with Crippen LogP contribution in [0, 0.1) is 11.3 Å². The molecule has 32 heavy (non-hydrogen) atoms. The van der Waals surface area contributed by atoms with Gasteiger partial charge in [-0.3, -0.25) is 10.3 Å². The molecule has 7 nitrogen and oxygen atoms in total. The van der Waals surface area contributed by atoms with Crippen molar-refractivity contribution in [3.8, 4) is 17.6 Å². The number of thiophene rings is 1. The molecular weight excluding hydrogens is 444 g/mol. The minimum atomic E-state index is -0.371. The molecule has 4 aromatic rings. The molecule has 0 saturated carbocycles. The Labute approximate surface area is 193 Å². The molecule has 2 heterocycles. The van der Waals surface area contributed by atoms with Gasteiger partial charge in [-0.2, -0.15) is 5.26 Å². The number of carbonyl (C=O) groups is 1. The Morgan fingerprint density at radius 2 is 1.88 bits per heavy atom. The van der Waals surface area contributed by atoms with Gasteiger partial charge in [0, 0.05) is 28.2 Å². The van der Waals surface area contributed by atoms with E-state index in [-0.39, 0.29) is 6.03 Å². The van der Waals surface area contributed by atoms with Gasteiger partial charge in [-0.25, -0.2) is 4.79 Å². The normalized spacial score (nSPS) is 10.4. The van der Waals surface area contributed by atoms with Crippen LogP contribution in [0.1, 0.15) is 5.56 Å². The highest BCUT2D eigenvalue weighted by Crippen LogP contribution is 2.41. The molecule has 0 spiro atoms. The molecule has 2 aromatic carbocycles. The SMILES string of the molecule is COc1cc2nccc(Sc3ccc(NC(=O)Nc4cccc(C#N)c4)s3)c2cc1OC. The number of fused-ring (bicyclic) bond motifs is 1. The summed E-state index contributed by atoms with van der Waals surface area (Å²) < 4.78 is 11.8. The van der Waals surface area contributed by atoms with Crippen LogP contribution in [-0.4, -0.2) is 25.2 Å². The van der Waals surface area contributed by atoms with Gasteiger partial charge in [0.15, 0.2) is 11.5 Å². The lowest BCUT2D eigenvalue weighted by molar-refractivity contribution is 0.262. The molecule has 0 aliphatic carbocycles. The van der Waals surface area contributed by atoms with Crippen LogP contribution >= 0.6 is 23.1 Å². The van der Waals surface area contributed by atoms with E-state index in [1.54, 1.807) is 56.4 Å². The van der Waals surface area contributed by atoms with E-state index >= 15 is 0 Å². The van der Waals surface area contributed by atoms with Gasteiger partial charge in [0.2, 0.25) is 0 Å². The molecule has 0 saturated heterocycles. The molecule has 0 fully saturated rings. The number of nitrogens with one attached hydrogen (secondary N) is 2. The van der Waals surface area contributed by atoms with Crippen LogP contribution in [-0.2, 0) is 0 Å². The van der Waals surface area contributed by atoms with Crippen LogP contribution in [0.3, 0.4) is 0 Å². The molecule has 2 N–H and O–H groups in total. The standard InChI is InChI=1S/C23H18N4O3S2/c1-29-18-11-16-17(12-19(18)30-2)25-9-8-20(16)31-22-7-6-21(32-22)27-23(28)26-15-5-3-4-14(10-15)13-24/h3-12H,1-2H3,(H2,26,27,28). The third kappa shape index (κ3) is 4.77. The number of nitriles is 1. The summed E-state index contributed by atoms with van der Waals surface area (Å²) in [6, 6.07) is 17.9. The van der Waals surface area contributed by atoms with E-state index in [0.717, 1.165) is 20.0 Å². The van der Waals surface area contributed by atoms with Crippen LogP contribution < -0.4 is 20.1 Å². The molecule has 0 radical (unpaired) electrons. The molecular formula is C23H18N4O3S2. The van der Waals surface area contributed by atoms with E-state index in [4.69, 9.17) is 14.7 Å². The Balaban J connectivity index is 1.49. The molecule has 9 heteroatoms. The number of aromatic nitrogens is 1. The van der Waals surface area contributed by atoms with Crippen molar-refractivity contribution in [2.45, 2.75) is 9.10 Å². The van der Waals surface area contributed by atoms with E-state index < -0.39 is 0 Å². The first-order valence-corrected chi connectivity index (χ1v) is 11.1. The number of hydrogen-bond donors (Lipinski definition) is 2. The topological polar surface area (TPSA) is 96.3 Å². The first-order chi connectivity index (χ1) is 15.6. The lowest BCUT2D eigenvalue weighted by Crippen LogP contribution is -2.18. The van der Waals surface area contributed by atoms with Crippen LogP contribution in [0.4, 0.5) is 15.5 Å². The van der Waals surface area contributed by atoms with Crippen molar-refractivity contribution < 1.29 is 14.3 Å². The zero-order chi connectivity index (χ0) is 22.5. The van der Waals surface area contributed by atoms with Gasteiger partial charge in [0.05, 0.1) is 40.6 Å². The highest BCUT2D eigenvalue weighted by atomic mass is 32.2. The van der Waals surface area contributed by atoms with E-state index in [1.807, 2.05) is 30.3 Å². The van der Waals surface area contributed by atoms with Crippen molar-refractivity contribution >= 4 is 50.7 Å². The summed E-state index contributed by atoms with van der Waals surface area (Å²) in [7, 11) is 3.20. The highest BCUT2D eigenvalue weighted by molar-refractivity contribution is 8.01. The molecule has 4 rings (SSSR count). The van der Waals surface area contributed by atoms with E-state index in [2.05, 4.69) is 21.7 Å². The number of pyridine rings is 1. The summed E-state index contributed by atoms with van der Waals surface area (Å²) in [5.74, 6) is 1.27. The second-order valence-electron chi connectivity index (χ2n) is 6.53. The molecule has 0 aliphatic rings. The van der Waals surface area contributed by atoms with Crippen LogP contribution in [0.25, 0.3) is 10.9 Å². The summed E-state index contributed by atoms with van der Waals surface area (Å²) in [5, 5.41) is 16.2. The maximum absolute atomic E-state index is 12.3. The van der Waals surface area contributed by atoms with Crippen molar-refractivity contribution in [2.75, 3.05) is 24.9 Å². The van der Waals surface area contributed by atoms with E-state index in [1.165, 1.54) is 11.3 Å². The summed E-state index contributed by atoms with van der Waals surface area (Å²) >= 11 is 3.04. The molecule has 160 valence electrons. The van der Waals surface area contributed by atoms with Gasteiger partial charge in [-0.15, -0.1) is 11.3 Å². The minimum absolute atomic E-state index is 0.371. The molecule has 0 atom stereocenters. The van der Waals surface area contributed by atoms with Gasteiger partial charge in [-0.05, 0) is 42.5 Å². The van der Waals surface area contributed by atoms with Crippen molar-refractivity contribution in [2.24, 2.45) is 0 Å². The van der Waals surface area contributed by atoms with Crippen molar-refractivity contribution in [1.29, 1.82) is 5.26 Å². The predicted octanol–water partition coefficient (Wildman–Crippen LogP) is 5.98. The fourth-order valence-electron chi connectivity index (χ4n) is 3.03. The second kappa shape index (κ2) is 9.60. The first kappa shape index (κ1) is 21.5. The quantitative estimate of drug-likeness (QED) is 0.366. The summed E-state index contributed by atoms with van der Waals surface area (Å²) in [4.78, 5) is 17.8. The average molecular weight is 463 g/mol. The third-order valence-corrected chi connectivity index (χ3v) is 6.69. The number of ether oxygens (including phenoxy) is 2. The molecule has 0 aliphatic heterocycles. The number of carbonyl (C=O) groups excluding carboxylic acids is 1. The van der Waals surface area contributed by atoms with Crippen LogP contribution in [0.5, 0.6) is 11.5 Å². The van der Waals surface area contributed by atoms with Crippen molar-refractivity contribution in [3.05, 3.63) is 66.4 Å². The number of nitrogens with zero attached hydrogens (tertiary/aromatic N) is 2. The highest BCUT2D eigenvalue weighted by Gasteiger charge is 2.12. The molecule has 0 unspecified atom stereocenters. The zero-order valence-corrected chi connectivity index (χ0v) is 18.8. The Hall–Kier alpha value is -3.74. The van der Waals surface area contributed by atoms with Crippen molar-refractivity contribution in [1.82, 2.24) is 4.98 Å². The smallest absolute Gasteiger partial charge is 0.324 e. The summed E-state index contributed by atoms with van der Waals surface area (Å²) in [5.41, 5.74) is 1.85. The zero-order valence-electron chi connectivity index (χ0n) is 17.2. The fourth-order valence-corrected chi connectivity index (χ4v) is 5.12. The summed E-state index contributed by atoms with van der Waals surface area (Å²) in [6.07, 6.45) is 1.76. The van der Waals surface area contributed by atoms with Gasteiger partial charge in [0.1, 0.15) is 0 Å². The largest absolute Gasteiger partial charge is 0.493 e. The molecule has 0 bridgehead atoms. The van der Waals surface area contributed by atoms with Gasteiger partial charge < -0.3 is 14.8 Å². The third-order valence-electron chi connectivity index (χ3n) is 4.49. The van der Waals surface area contributed by atoms with Crippen molar-refractivity contribution in [3.63, 3.8) is 0 Å². The van der Waals surface area contributed by atoms with Crippen LogP contribution in [0.2, 0.25) is 0 Å². The molecule has 2 amide bonds. The number of anilines is 2. The van der Waals surface area contributed by atoms with Gasteiger partial charge in [0.25, 0.3) is 0 Å². The number of urea groups is 1. The second-order valence-corrected chi connectivity index (χ2v) is 8.95. The first-order valence-electron chi connectivity index (χ1n) is 9.46.